The molecule has 3 rings (SSSR count). The van der Waals surface area contributed by atoms with Gasteiger partial charge in [0.15, 0.2) is 0 Å². The number of carbonyl (C=O) groups excluding carboxylic acids is 1. The molecule has 23 heavy (non-hydrogen) atoms. The average Bonchev–Trinajstić information content (AvgIpc) is 3.24. The van der Waals surface area contributed by atoms with E-state index in [1.807, 2.05) is 0 Å². The molecule has 2 amide bonds. The molecule has 1 saturated heterocycles. The van der Waals surface area contributed by atoms with Gasteiger partial charge in [-0.15, -0.1) is 0 Å². The highest BCUT2D eigenvalue weighted by Crippen LogP contribution is 2.35. The molecule has 1 saturated carbocycles. The van der Waals surface area contributed by atoms with Gasteiger partial charge in [-0.3, -0.25) is 4.90 Å². The number of rotatable bonds is 3. The molecule has 2 unspecified atom stereocenters. The molecule has 7 heteroatoms. The van der Waals surface area contributed by atoms with E-state index in [4.69, 9.17) is 0 Å². The summed E-state index contributed by atoms with van der Waals surface area (Å²) in [5.74, 6) is 0.291. The van der Waals surface area contributed by atoms with E-state index in [1.165, 1.54) is 31.0 Å². The molecule has 2 fully saturated rings. The highest BCUT2D eigenvalue weighted by molar-refractivity contribution is 5.90. The van der Waals surface area contributed by atoms with Crippen LogP contribution in [0.4, 0.5) is 23.7 Å². The number of para-hydroxylation sites is 1. The van der Waals surface area contributed by atoms with Gasteiger partial charge in [0.1, 0.15) is 0 Å². The first-order chi connectivity index (χ1) is 10.8. The third-order valence-corrected chi connectivity index (χ3v) is 4.50. The zero-order valence-electron chi connectivity index (χ0n) is 12.9. The maximum absolute atomic E-state index is 12.9. The number of anilines is 1. The molecular formula is C16H20F3N3O. The van der Waals surface area contributed by atoms with Crippen LogP contribution in [-0.4, -0.2) is 36.1 Å². The Bertz CT molecular complexity index is 586. The lowest BCUT2D eigenvalue weighted by atomic mass is 10.1. The molecule has 2 aliphatic rings. The zero-order chi connectivity index (χ0) is 16.6. The molecular weight excluding hydrogens is 307 g/mol. The van der Waals surface area contributed by atoms with Crippen molar-refractivity contribution in [2.45, 2.75) is 38.0 Å². The number of nitrogens with zero attached hydrogens (tertiary/aromatic N) is 1. The smallest absolute Gasteiger partial charge is 0.334 e. The van der Waals surface area contributed by atoms with Crippen LogP contribution in [0.5, 0.6) is 0 Å². The predicted octanol–water partition coefficient (Wildman–Crippen LogP) is 3.31. The van der Waals surface area contributed by atoms with Crippen LogP contribution in [0.15, 0.2) is 24.3 Å². The van der Waals surface area contributed by atoms with Crippen molar-refractivity contribution in [3.05, 3.63) is 29.8 Å². The minimum atomic E-state index is -4.49. The van der Waals surface area contributed by atoms with E-state index in [1.54, 1.807) is 0 Å². The Kier molecular flexibility index (Phi) is 4.23. The number of alkyl halides is 3. The van der Waals surface area contributed by atoms with Crippen LogP contribution in [0.1, 0.15) is 25.3 Å². The topological polar surface area (TPSA) is 44.4 Å². The fourth-order valence-electron chi connectivity index (χ4n) is 3.10. The fourth-order valence-corrected chi connectivity index (χ4v) is 3.10. The van der Waals surface area contributed by atoms with E-state index in [0.29, 0.717) is 12.0 Å². The van der Waals surface area contributed by atoms with Gasteiger partial charge in [0.05, 0.1) is 11.3 Å². The minimum absolute atomic E-state index is 0.0337. The Labute approximate surface area is 133 Å². The number of halogens is 3. The lowest BCUT2D eigenvalue weighted by molar-refractivity contribution is -0.136. The second kappa shape index (κ2) is 6.03. The first kappa shape index (κ1) is 16.1. The minimum Gasteiger partial charge on any atom is -0.334 e. The van der Waals surface area contributed by atoms with E-state index in [9.17, 15) is 18.0 Å². The van der Waals surface area contributed by atoms with Gasteiger partial charge in [0.25, 0.3) is 0 Å². The number of carbonyl (C=O) groups is 1. The summed E-state index contributed by atoms with van der Waals surface area (Å²) in [5.41, 5.74) is -1.06. The van der Waals surface area contributed by atoms with Crippen molar-refractivity contribution in [3.63, 3.8) is 0 Å². The van der Waals surface area contributed by atoms with Crippen LogP contribution in [0.2, 0.25) is 0 Å². The molecule has 0 radical (unpaired) electrons. The highest BCUT2D eigenvalue weighted by atomic mass is 19.4. The summed E-state index contributed by atoms with van der Waals surface area (Å²) in [6.07, 6.45) is -2.09. The molecule has 126 valence electrons. The van der Waals surface area contributed by atoms with Gasteiger partial charge < -0.3 is 10.6 Å². The second-order valence-corrected chi connectivity index (χ2v) is 6.41. The first-order valence-corrected chi connectivity index (χ1v) is 7.82. The molecule has 1 heterocycles. The number of urea groups is 1. The standard InChI is InChI=1S/C16H20F3N3O/c1-10-8-22(11-6-7-11)9-14(10)21-15(23)20-13-5-3-2-4-12(13)16(17,18)19/h2-5,10-11,14H,6-9H2,1H3,(H2,20,21,23). The van der Waals surface area contributed by atoms with Gasteiger partial charge in [-0.1, -0.05) is 19.1 Å². The van der Waals surface area contributed by atoms with Crippen molar-refractivity contribution < 1.29 is 18.0 Å². The van der Waals surface area contributed by atoms with E-state index in [2.05, 4.69) is 22.5 Å². The predicted molar refractivity (Wildman–Crippen MR) is 81.1 cm³/mol. The van der Waals surface area contributed by atoms with Gasteiger partial charge in [-0.05, 0) is 30.9 Å². The molecule has 1 aromatic rings. The normalized spacial score (nSPS) is 25.4. The molecule has 0 bridgehead atoms. The van der Waals surface area contributed by atoms with Crippen LogP contribution in [0, 0.1) is 5.92 Å². The number of likely N-dealkylation sites (tertiary alicyclic amines) is 1. The van der Waals surface area contributed by atoms with Crippen LogP contribution in [0.25, 0.3) is 0 Å². The Morgan fingerprint density at radius 2 is 1.91 bits per heavy atom. The summed E-state index contributed by atoms with van der Waals surface area (Å²) in [5, 5.41) is 5.14. The molecule has 0 spiro atoms. The Balaban J connectivity index is 1.62. The van der Waals surface area contributed by atoms with Crippen molar-refractivity contribution in [1.29, 1.82) is 0 Å². The van der Waals surface area contributed by atoms with E-state index in [-0.39, 0.29) is 11.7 Å². The summed E-state index contributed by atoms with van der Waals surface area (Å²) in [4.78, 5) is 14.4. The van der Waals surface area contributed by atoms with Crippen molar-refractivity contribution >= 4 is 11.7 Å². The molecule has 0 aromatic heterocycles. The number of hydrogen-bond acceptors (Lipinski definition) is 2. The van der Waals surface area contributed by atoms with E-state index in [0.717, 1.165) is 19.2 Å². The zero-order valence-corrected chi connectivity index (χ0v) is 12.9. The number of nitrogens with one attached hydrogen (secondary N) is 2. The summed E-state index contributed by atoms with van der Waals surface area (Å²) in [6, 6.07) is 5.00. The Morgan fingerprint density at radius 3 is 2.57 bits per heavy atom. The summed E-state index contributed by atoms with van der Waals surface area (Å²) < 4.78 is 38.8. The van der Waals surface area contributed by atoms with Crippen molar-refractivity contribution in [2.75, 3.05) is 18.4 Å². The largest absolute Gasteiger partial charge is 0.418 e. The molecule has 1 aliphatic carbocycles. The summed E-state index contributed by atoms with van der Waals surface area (Å²) in [6.45, 7) is 3.74. The average molecular weight is 327 g/mol. The van der Waals surface area contributed by atoms with E-state index < -0.39 is 17.8 Å². The quantitative estimate of drug-likeness (QED) is 0.894. The van der Waals surface area contributed by atoms with Crippen LogP contribution >= 0.6 is 0 Å². The number of benzene rings is 1. The van der Waals surface area contributed by atoms with Crippen molar-refractivity contribution in [3.8, 4) is 0 Å². The van der Waals surface area contributed by atoms with Crippen LogP contribution < -0.4 is 10.6 Å². The second-order valence-electron chi connectivity index (χ2n) is 6.41. The first-order valence-electron chi connectivity index (χ1n) is 7.82. The summed E-state index contributed by atoms with van der Waals surface area (Å²) in [7, 11) is 0. The van der Waals surface area contributed by atoms with Crippen molar-refractivity contribution in [1.82, 2.24) is 10.2 Å². The third kappa shape index (κ3) is 3.77. The van der Waals surface area contributed by atoms with Gasteiger partial charge in [0, 0.05) is 25.2 Å². The lowest BCUT2D eigenvalue weighted by Crippen LogP contribution is -2.42. The monoisotopic (exact) mass is 327 g/mol. The van der Waals surface area contributed by atoms with Gasteiger partial charge in [-0.2, -0.15) is 13.2 Å². The number of amides is 2. The molecule has 2 N–H and O–H groups in total. The maximum atomic E-state index is 12.9. The van der Waals surface area contributed by atoms with Crippen LogP contribution in [0.3, 0.4) is 0 Å². The molecule has 1 aromatic carbocycles. The van der Waals surface area contributed by atoms with Gasteiger partial charge in [-0.25, -0.2) is 4.79 Å². The molecule has 1 aliphatic heterocycles. The van der Waals surface area contributed by atoms with Gasteiger partial charge >= 0.3 is 12.2 Å². The maximum Gasteiger partial charge on any atom is 0.418 e. The summed E-state index contributed by atoms with van der Waals surface area (Å²) >= 11 is 0. The number of hydrogen-bond donors (Lipinski definition) is 2. The Hall–Kier alpha value is -1.76. The Morgan fingerprint density at radius 1 is 1.22 bits per heavy atom. The third-order valence-electron chi connectivity index (χ3n) is 4.50. The fraction of sp³-hybridized carbons (Fsp3) is 0.562. The molecule has 4 nitrogen and oxygen atoms in total. The van der Waals surface area contributed by atoms with Crippen LogP contribution in [-0.2, 0) is 6.18 Å². The highest BCUT2D eigenvalue weighted by Gasteiger charge is 2.39. The van der Waals surface area contributed by atoms with Crippen molar-refractivity contribution in [2.24, 2.45) is 5.92 Å². The van der Waals surface area contributed by atoms with Gasteiger partial charge in [0.2, 0.25) is 0 Å². The lowest BCUT2D eigenvalue weighted by Gasteiger charge is -2.19. The molecule has 2 atom stereocenters. The SMILES string of the molecule is CC1CN(C2CC2)CC1NC(=O)Nc1ccccc1C(F)(F)F. The van der Waals surface area contributed by atoms with E-state index >= 15 is 0 Å².